The van der Waals surface area contributed by atoms with E-state index in [4.69, 9.17) is 4.74 Å². The Kier molecular flexibility index (Phi) is 7.15. The summed E-state index contributed by atoms with van der Waals surface area (Å²) in [5, 5.41) is 15.2. The molecule has 33 heavy (non-hydrogen) atoms. The molecule has 1 atom stereocenters. The number of halogens is 3. The lowest BCUT2D eigenvalue weighted by atomic mass is 10.0. The van der Waals surface area contributed by atoms with Crippen LogP contribution in [0.15, 0.2) is 63.5 Å². The number of fused-ring (bicyclic) bond motifs is 1. The molecule has 1 aliphatic rings. The highest BCUT2D eigenvalue weighted by Crippen LogP contribution is 2.40. The number of phenolic OH excluding ortho intramolecular Hbond substituents is 1. The number of hydrazine groups is 1. The molecule has 3 aromatic carbocycles. The summed E-state index contributed by atoms with van der Waals surface area (Å²) in [5.74, 6) is -0.562. The zero-order chi connectivity index (χ0) is 23.7. The first-order chi connectivity index (χ1) is 15.8. The Hall–Kier alpha value is -2.31. The summed E-state index contributed by atoms with van der Waals surface area (Å²) in [5.41, 5.74) is 4.41. The van der Waals surface area contributed by atoms with Gasteiger partial charge in [-0.15, -0.1) is 0 Å². The van der Waals surface area contributed by atoms with Crippen molar-refractivity contribution in [3.63, 3.8) is 0 Å². The Bertz CT molecular complexity index is 1250. The molecular weight excluding hydrogens is 669 g/mol. The molecule has 3 aromatic rings. The molecule has 0 fully saturated rings. The van der Waals surface area contributed by atoms with Crippen molar-refractivity contribution in [2.75, 3.05) is 11.9 Å². The molecule has 1 aliphatic heterocycles. The maximum absolute atomic E-state index is 13.5. The maximum Gasteiger partial charge on any atom is 0.276 e. The van der Waals surface area contributed by atoms with Crippen LogP contribution in [0.4, 0.5) is 5.69 Å². The molecule has 0 unspecified atom stereocenters. The third kappa shape index (κ3) is 4.82. The Morgan fingerprint density at radius 1 is 1.21 bits per heavy atom. The number of para-hydroxylation sites is 1. The molecule has 10 heteroatoms. The Morgan fingerprint density at radius 2 is 1.97 bits per heavy atom. The smallest absolute Gasteiger partial charge is 0.276 e. The lowest BCUT2D eigenvalue weighted by Crippen LogP contribution is -2.53. The lowest BCUT2D eigenvalue weighted by molar-refractivity contribution is 0.0487. The van der Waals surface area contributed by atoms with Crippen molar-refractivity contribution in [2.45, 2.75) is 13.1 Å². The van der Waals surface area contributed by atoms with Gasteiger partial charge in [0.05, 0.1) is 22.2 Å². The van der Waals surface area contributed by atoms with Crippen LogP contribution in [0.2, 0.25) is 0 Å². The van der Waals surface area contributed by atoms with E-state index in [2.05, 4.69) is 65.2 Å². The van der Waals surface area contributed by atoms with Crippen molar-refractivity contribution in [1.82, 2.24) is 10.4 Å². The summed E-state index contributed by atoms with van der Waals surface area (Å²) in [6, 6.07) is 15.6. The molecule has 2 amide bonds. The Labute approximate surface area is 220 Å². The van der Waals surface area contributed by atoms with Gasteiger partial charge in [-0.05, 0) is 87.9 Å². The number of nitrogens with zero attached hydrogens (tertiary/aromatic N) is 1. The maximum atomic E-state index is 13.5. The second kappa shape index (κ2) is 9.90. The minimum Gasteiger partial charge on any atom is -0.506 e. The van der Waals surface area contributed by atoms with E-state index in [1.54, 1.807) is 48.5 Å². The number of hydrogen-bond donors (Lipinski definition) is 3. The number of ether oxygens (including phenoxy) is 1. The number of nitrogens with one attached hydrogen (secondary N) is 2. The number of phenols is 1. The van der Waals surface area contributed by atoms with E-state index in [9.17, 15) is 14.7 Å². The topological polar surface area (TPSA) is 90.9 Å². The molecule has 0 saturated heterocycles. The van der Waals surface area contributed by atoms with E-state index >= 15 is 0 Å². The van der Waals surface area contributed by atoms with Gasteiger partial charge in [-0.3, -0.25) is 15.0 Å². The highest BCUT2D eigenvalue weighted by molar-refractivity contribution is 14.1. The zero-order valence-corrected chi connectivity index (χ0v) is 22.6. The van der Waals surface area contributed by atoms with Crippen LogP contribution < -0.4 is 15.5 Å². The van der Waals surface area contributed by atoms with E-state index in [0.717, 1.165) is 3.57 Å². The average molecular weight is 687 g/mol. The van der Waals surface area contributed by atoms with Gasteiger partial charge in [0, 0.05) is 19.3 Å². The highest BCUT2D eigenvalue weighted by atomic mass is 127. The second-order valence-electron chi connectivity index (χ2n) is 7.11. The predicted molar refractivity (Wildman–Crippen MR) is 140 cm³/mol. The van der Waals surface area contributed by atoms with Gasteiger partial charge in [0.15, 0.2) is 6.17 Å². The summed E-state index contributed by atoms with van der Waals surface area (Å²) in [7, 11) is 0. The van der Waals surface area contributed by atoms with E-state index in [-0.39, 0.29) is 5.75 Å². The summed E-state index contributed by atoms with van der Waals surface area (Å²) in [4.78, 5) is 26.8. The van der Waals surface area contributed by atoms with Crippen LogP contribution in [0, 0.1) is 3.57 Å². The fourth-order valence-corrected chi connectivity index (χ4v) is 5.26. The molecule has 4 rings (SSSR count). The number of carbonyl (C=O) groups excluding carboxylic acids is 2. The van der Waals surface area contributed by atoms with Crippen LogP contribution in [0.5, 0.6) is 11.5 Å². The summed E-state index contributed by atoms with van der Waals surface area (Å²) in [6.07, 6.45) is -0.873. The van der Waals surface area contributed by atoms with E-state index < -0.39 is 18.0 Å². The van der Waals surface area contributed by atoms with Crippen LogP contribution >= 0.6 is 54.5 Å². The SMILES string of the molecule is CCOc1ccccc1C(=O)NN1C(=O)c2cc(I)ccc2N[C@H]1c1cc(Br)cc(Br)c1O. The molecule has 170 valence electrons. The summed E-state index contributed by atoms with van der Waals surface area (Å²) < 4.78 is 7.59. The second-order valence-corrected chi connectivity index (χ2v) is 10.1. The number of amides is 2. The first-order valence-electron chi connectivity index (χ1n) is 9.90. The van der Waals surface area contributed by atoms with Crippen molar-refractivity contribution in [3.8, 4) is 11.5 Å². The normalized spacial score (nSPS) is 15.0. The summed E-state index contributed by atoms with van der Waals surface area (Å²) >= 11 is 8.89. The van der Waals surface area contributed by atoms with Gasteiger partial charge >= 0.3 is 0 Å². The third-order valence-corrected chi connectivity index (χ3v) is 6.72. The van der Waals surface area contributed by atoms with Gasteiger partial charge in [0.2, 0.25) is 0 Å². The molecule has 0 bridgehead atoms. The van der Waals surface area contributed by atoms with Crippen LogP contribution in [0.1, 0.15) is 39.4 Å². The number of hydrogen-bond acceptors (Lipinski definition) is 5. The molecule has 3 N–H and O–H groups in total. The van der Waals surface area contributed by atoms with E-state index in [1.807, 2.05) is 13.0 Å². The predicted octanol–water partition coefficient (Wildman–Crippen LogP) is 5.83. The largest absolute Gasteiger partial charge is 0.506 e. The molecule has 0 radical (unpaired) electrons. The van der Waals surface area contributed by atoms with Gasteiger partial charge in [-0.2, -0.15) is 0 Å². The minimum atomic E-state index is -0.873. The van der Waals surface area contributed by atoms with Gasteiger partial charge < -0.3 is 15.2 Å². The van der Waals surface area contributed by atoms with Gasteiger partial charge in [0.25, 0.3) is 11.8 Å². The van der Waals surface area contributed by atoms with Crippen molar-refractivity contribution in [2.24, 2.45) is 0 Å². The van der Waals surface area contributed by atoms with Gasteiger partial charge in [0.1, 0.15) is 11.5 Å². The van der Waals surface area contributed by atoms with Crippen LogP contribution in [-0.2, 0) is 0 Å². The standard InChI is InChI=1S/C23H18Br2IN3O4/c1-2-33-19-6-4-3-5-14(19)22(31)28-29-21(16-9-12(24)10-17(25)20(16)30)27-18-8-7-13(26)11-15(18)23(29)32/h3-11,21,27,30H,2H2,1H3,(H,28,31)/t21-/m1/s1. The minimum absolute atomic E-state index is 0.0496. The van der Waals surface area contributed by atoms with Crippen LogP contribution in [0.25, 0.3) is 0 Å². The van der Waals surface area contributed by atoms with Gasteiger partial charge in [-0.25, -0.2) is 5.01 Å². The fourth-order valence-electron chi connectivity index (χ4n) is 3.51. The van der Waals surface area contributed by atoms with Crippen LogP contribution in [0.3, 0.4) is 0 Å². The fraction of sp³-hybridized carbons (Fsp3) is 0.130. The number of benzene rings is 3. The van der Waals surface area contributed by atoms with Crippen molar-refractivity contribution in [3.05, 3.63) is 83.8 Å². The Morgan fingerprint density at radius 3 is 2.73 bits per heavy atom. The first-order valence-corrected chi connectivity index (χ1v) is 12.6. The first kappa shape index (κ1) is 23.8. The van der Waals surface area contributed by atoms with Crippen molar-refractivity contribution < 1.29 is 19.4 Å². The molecule has 0 aliphatic carbocycles. The number of rotatable bonds is 5. The van der Waals surface area contributed by atoms with E-state index in [1.165, 1.54) is 5.01 Å². The summed E-state index contributed by atoms with van der Waals surface area (Å²) in [6.45, 7) is 2.22. The molecular formula is C23H18Br2IN3O4. The zero-order valence-electron chi connectivity index (χ0n) is 17.2. The molecule has 1 heterocycles. The quantitative estimate of drug-likeness (QED) is 0.294. The number of aromatic hydroxyl groups is 1. The van der Waals surface area contributed by atoms with E-state index in [0.29, 0.717) is 43.7 Å². The molecule has 0 aromatic heterocycles. The number of anilines is 1. The monoisotopic (exact) mass is 685 g/mol. The molecule has 0 spiro atoms. The number of carbonyl (C=O) groups is 2. The average Bonchev–Trinajstić information content (AvgIpc) is 2.79. The van der Waals surface area contributed by atoms with Crippen molar-refractivity contribution >= 4 is 72.0 Å². The van der Waals surface area contributed by atoms with Crippen LogP contribution in [-0.4, -0.2) is 28.5 Å². The third-order valence-electron chi connectivity index (χ3n) is 4.99. The van der Waals surface area contributed by atoms with Gasteiger partial charge in [-0.1, -0.05) is 28.1 Å². The molecule has 7 nitrogen and oxygen atoms in total. The van der Waals surface area contributed by atoms with Crippen molar-refractivity contribution in [1.29, 1.82) is 0 Å². The Balaban J connectivity index is 1.79. The molecule has 0 saturated carbocycles. The lowest BCUT2D eigenvalue weighted by Gasteiger charge is -2.38. The highest BCUT2D eigenvalue weighted by Gasteiger charge is 2.37.